The molecule has 3 N–H and O–H groups in total. The molecule has 5 nitrogen and oxygen atoms in total. The van der Waals surface area contributed by atoms with Gasteiger partial charge in [0, 0.05) is 41.2 Å². The zero-order valence-electron chi connectivity index (χ0n) is 18.8. The second-order valence-corrected chi connectivity index (χ2v) is 9.82. The molecule has 7 heteroatoms. The number of nitrogens with two attached hydrogens (primary N) is 1. The van der Waals surface area contributed by atoms with E-state index in [0.29, 0.717) is 30.3 Å². The monoisotopic (exact) mass is 462 g/mol. The number of fused-ring (bicyclic) bond motifs is 1. The highest BCUT2D eigenvalue weighted by Gasteiger charge is 2.29. The van der Waals surface area contributed by atoms with Gasteiger partial charge in [-0.3, -0.25) is 9.69 Å². The zero-order chi connectivity index (χ0) is 23.5. The van der Waals surface area contributed by atoms with E-state index in [1.165, 1.54) is 10.9 Å². The van der Waals surface area contributed by atoms with Crippen LogP contribution in [0.15, 0.2) is 48.5 Å². The van der Waals surface area contributed by atoms with Crippen molar-refractivity contribution in [1.29, 1.82) is 5.26 Å². The van der Waals surface area contributed by atoms with E-state index in [-0.39, 0.29) is 11.9 Å². The zero-order valence-corrected chi connectivity index (χ0v) is 19.6. The molecule has 2 unspecified atom stereocenters. The first kappa shape index (κ1) is 23.0. The third-order valence-corrected chi connectivity index (χ3v) is 7.29. The van der Waals surface area contributed by atoms with Gasteiger partial charge in [0.05, 0.1) is 5.56 Å². The Balaban J connectivity index is 1.48. The first-order chi connectivity index (χ1) is 15.8. The lowest BCUT2D eigenvalue weighted by Crippen LogP contribution is -2.37. The maximum atomic E-state index is 13.6. The van der Waals surface area contributed by atoms with E-state index in [0.717, 1.165) is 34.5 Å². The van der Waals surface area contributed by atoms with Crippen molar-refractivity contribution in [3.63, 3.8) is 0 Å². The lowest BCUT2D eigenvalue weighted by atomic mass is 9.99. The smallest absolute Gasteiger partial charge is 0.248 e. The Kier molecular flexibility index (Phi) is 6.77. The molecule has 1 aromatic heterocycles. The Morgan fingerprint density at radius 2 is 2.06 bits per heavy atom. The number of primary amides is 1. The van der Waals surface area contributed by atoms with Gasteiger partial charge in [0.15, 0.2) is 0 Å². The number of hydrogen-bond donors (Lipinski definition) is 2. The molecule has 1 aliphatic rings. The summed E-state index contributed by atoms with van der Waals surface area (Å²) in [6.07, 6.45) is 1.63. The fourth-order valence-electron chi connectivity index (χ4n) is 4.34. The number of nitriles is 1. The summed E-state index contributed by atoms with van der Waals surface area (Å²) in [5.41, 5.74) is 9.63. The van der Waals surface area contributed by atoms with Crippen molar-refractivity contribution in [3.05, 3.63) is 87.0 Å². The summed E-state index contributed by atoms with van der Waals surface area (Å²) in [6, 6.07) is 16.8. The molecule has 3 aromatic rings. The number of thiophene rings is 1. The minimum atomic E-state index is -0.434. The molecule has 2 atom stereocenters. The number of amides is 1. The lowest BCUT2D eigenvalue weighted by molar-refractivity contribution is 0.100. The molecule has 0 radical (unpaired) electrons. The van der Waals surface area contributed by atoms with E-state index in [1.54, 1.807) is 35.6 Å². The van der Waals surface area contributed by atoms with Crippen molar-refractivity contribution < 1.29 is 9.18 Å². The maximum absolute atomic E-state index is 13.6. The Hall–Kier alpha value is -3.21. The van der Waals surface area contributed by atoms with Crippen LogP contribution in [0.25, 0.3) is 0 Å². The van der Waals surface area contributed by atoms with E-state index in [2.05, 4.69) is 30.1 Å². The van der Waals surface area contributed by atoms with Gasteiger partial charge in [-0.2, -0.15) is 5.26 Å². The Morgan fingerprint density at radius 3 is 2.73 bits per heavy atom. The number of benzene rings is 2. The van der Waals surface area contributed by atoms with Crippen molar-refractivity contribution in [3.8, 4) is 6.07 Å². The van der Waals surface area contributed by atoms with Crippen LogP contribution in [0.3, 0.4) is 0 Å². The molecule has 170 valence electrons. The lowest BCUT2D eigenvalue weighted by Gasteiger charge is -2.33. The highest BCUT2D eigenvalue weighted by Crippen LogP contribution is 2.39. The van der Waals surface area contributed by atoms with Gasteiger partial charge in [-0.15, -0.1) is 11.3 Å². The third-order valence-electron chi connectivity index (χ3n) is 6.10. The van der Waals surface area contributed by atoms with Gasteiger partial charge >= 0.3 is 0 Å². The van der Waals surface area contributed by atoms with Gasteiger partial charge < -0.3 is 11.1 Å². The van der Waals surface area contributed by atoms with Crippen LogP contribution in [0.5, 0.6) is 0 Å². The molecule has 0 saturated carbocycles. The first-order valence-electron chi connectivity index (χ1n) is 11.0. The number of halogens is 1. The number of nitrogens with one attached hydrogen (secondary N) is 1. The summed E-state index contributed by atoms with van der Waals surface area (Å²) < 4.78 is 13.6. The van der Waals surface area contributed by atoms with E-state index in [1.807, 2.05) is 18.2 Å². The van der Waals surface area contributed by atoms with Gasteiger partial charge in [-0.05, 0) is 62.1 Å². The summed E-state index contributed by atoms with van der Waals surface area (Å²) in [5, 5.41) is 14.4. The molecule has 2 heterocycles. The van der Waals surface area contributed by atoms with Crippen LogP contribution in [-0.2, 0) is 25.9 Å². The standard InChI is InChI=1S/C26H27FN4OS/c1-16(10-18-6-8-20(9-7-18)25(29)32)30-26-22(13-28)23-15-31(17(2)11-24(23)33-26)14-19-4-3-5-21(27)12-19/h3-9,12,16-17,30H,10-11,14-15H2,1-2H3,(H2,29,32). The minimum Gasteiger partial charge on any atom is -0.373 e. The van der Waals surface area contributed by atoms with E-state index >= 15 is 0 Å². The van der Waals surface area contributed by atoms with E-state index in [9.17, 15) is 14.4 Å². The third kappa shape index (κ3) is 5.24. The Labute approximate surface area is 197 Å². The van der Waals surface area contributed by atoms with Crippen LogP contribution < -0.4 is 11.1 Å². The number of carbonyl (C=O) groups excluding carboxylic acids is 1. The van der Waals surface area contributed by atoms with Crippen molar-refractivity contribution in [2.45, 2.75) is 51.9 Å². The number of anilines is 1. The summed E-state index contributed by atoms with van der Waals surface area (Å²) in [4.78, 5) is 14.8. The summed E-state index contributed by atoms with van der Waals surface area (Å²) in [6.45, 7) is 5.59. The van der Waals surface area contributed by atoms with Crippen LogP contribution in [-0.4, -0.2) is 22.9 Å². The number of rotatable bonds is 7. The summed E-state index contributed by atoms with van der Waals surface area (Å²) >= 11 is 1.66. The molecule has 0 saturated heterocycles. The second kappa shape index (κ2) is 9.74. The highest BCUT2D eigenvalue weighted by molar-refractivity contribution is 7.16. The largest absolute Gasteiger partial charge is 0.373 e. The molecule has 0 fully saturated rings. The van der Waals surface area contributed by atoms with Crippen LogP contribution in [0.1, 0.15) is 51.3 Å². The molecular weight excluding hydrogens is 435 g/mol. The van der Waals surface area contributed by atoms with Gasteiger partial charge in [-0.1, -0.05) is 24.3 Å². The SMILES string of the molecule is CC(Cc1ccc(C(N)=O)cc1)Nc1sc2c(c1C#N)CN(Cc1cccc(F)c1)C(C)C2. The van der Waals surface area contributed by atoms with Crippen molar-refractivity contribution in [1.82, 2.24) is 4.90 Å². The maximum Gasteiger partial charge on any atom is 0.248 e. The minimum absolute atomic E-state index is 0.109. The summed E-state index contributed by atoms with van der Waals surface area (Å²) in [7, 11) is 0. The van der Waals surface area contributed by atoms with Crippen LogP contribution in [0.4, 0.5) is 9.39 Å². The normalized spacial score (nSPS) is 16.6. The molecule has 0 aliphatic carbocycles. The molecular formula is C26H27FN4OS. The molecule has 0 bridgehead atoms. The molecule has 0 spiro atoms. The number of hydrogen-bond acceptors (Lipinski definition) is 5. The number of carbonyl (C=O) groups is 1. The average molecular weight is 463 g/mol. The second-order valence-electron chi connectivity index (χ2n) is 8.72. The van der Waals surface area contributed by atoms with E-state index in [4.69, 9.17) is 5.73 Å². The van der Waals surface area contributed by atoms with Gasteiger partial charge in [-0.25, -0.2) is 4.39 Å². The molecule has 1 aliphatic heterocycles. The fourth-order valence-corrected chi connectivity index (χ4v) is 5.73. The predicted molar refractivity (Wildman–Crippen MR) is 130 cm³/mol. The number of nitrogens with zero attached hydrogens (tertiary/aromatic N) is 2. The highest BCUT2D eigenvalue weighted by atomic mass is 32.1. The van der Waals surface area contributed by atoms with Crippen LogP contribution >= 0.6 is 11.3 Å². The topological polar surface area (TPSA) is 82.1 Å². The van der Waals surface area contributed by atoms with Crippen molar-refractivity contribution >= 4 is 22.2 Å². The average Bonchev–Trinajstić information content (AvgIpc) is 3.09. The molecule has 1 amide bonds. The Bertz CT molecular complexity index is 1200. The Morgan fingerprint density at radius 1 is 1.30 bits per heavy atom. The quantitative estimate of drug-likeness (QED) is 0.526. The van der Waals surface area contributed by atoms with Crippen LogP contribution in [0.2, 0.25) is 0 Å². The molecule has 33 heavy (non-hydrogen) atoms. The molecule has 4 rings (SSSR count). The molecule has 2 aromatic carbocycles. The van der Waals surface area contributed by atoms with E-state index < -0.39 is 5.91 Å². The van der Waals surface area contributed by atoms with Gasteiger partial charge in [0.2, 0.25) is 5.91 Å². The van der Waals surface area contributed by atoms with Gasteiger partial charge in [0.1, 0.15) is 16.9 Å². The van der Waals surface area contributed by atoms with Crippen LogP contribution in [0, 0.1) is 17.1 Å². The van der Waals surface area contributed by atoms with Crippen molar-refractivity contribution in [2.24, 2.45) is 5.73 Å². The predicted octanol–water partition coefficient (Wildman–Crippen LogP) is 4.85. The first-order valence-corrected chi connectivity index (χ1v) is 11.8. The fraction of sp³-hybridized carbons (Fsp3) is 0.308. The van der Waals surface area contributed by atoms with Gasteiger partial charge in [0.25, 0.3) is 0 Å². The summed E-state index contributed by atoms with van der Waals surface area (Å²) in [5.74, 6) is -0.660. The van der Waals surface area contributed by atoms with Crippen molar-refractivity contribution in [2.75, 3.05) is 5.32 Å².